The van der Waals surface area contributed by atoms with Crippen LogP contribution in [0, 0.1) is 0 Å². The van der Waals surface area contributed by atoms with Crippen LogP contribution in [-0.2, 0) is 4.74 Å². The number of amides is 1. The number of hydrogen-bond donors (Lipinski definition) is 2. The number of nitrogens with zero attached hydrogens (tertiary/aromatic N) is 2. The largest absolute Gasteiger partial charge is 0.490 e. The van der Waals surface area contributed by atoms with Crippen molar-refractivity contribution in [3.05, 3.63) is 36.5 Å². The van der Waals surface area contributed by atoms with Crippen molar-refractivity contribution < 1.29 is 14.3 Å². The fourth-order valence-electron chi connectivity index (χ4n) is 1.86. The molecule has 0 saturated carbocycles. The summed E-state index contributed by atoms with van der Waals surface area (Å²) in [5.41, 5.74) is 7.07. The molecule has 2 rings (SSSR count). The van der Waals surface area contributed by atoms with Crippen molar-refractivity contribution in [2.45, 2.75) is 0 Å². The zero-order valence-corrected chi connectivity index (χ0v) is 12.9. The number of nitrogens with two attached hydrogens (primary N) is 1. The number of benzene rings is 1. The summed E-state index contributed by atoms with van der Waals surface area (Å²) >= 11 is 0. The molecule has 0 unspecified atom stereocenters. The minimum atomic E-state index is -0.407. The fourth-order valence-corrected chi connectivity index (χ4v) is 1.86. The van der Waals surface area contributed by atoms with Gasteiger partial charge in [0.1, 0.15) is 12.4 Å². The van der Waals surface area contributed by atoms with Gasteiger partial charge in [0.25, 0.3) is 0 Å². The lowest BCUT2D eigenvalue weighted by Gasteiger charge is -2.30. The Morgan fingerprint density at radius 2 is 2.32 bits per heavy atom. The molecule has 0 aromatic heterocycles. The van der Waals surface area contributed by atoms with E-state index in [2.05, 4.69) is 26.5 Å². The predicted molar refractivity (Wildman–Crippen MR) is 87.4 cm³/mol. The number of anilines is 1. The molecular weight excluding hydrogens is 284 g/mol. The molecule has 0 aliphatic carbocycles. The third-order valence-corrected chi connectivity index (χ3v) is 2.84. The molecule has 7 heteroatoms. The van der Waals surface area contributed by atoms with E-state index in [1.807, 2.05) is 24.3 Å². The standard InChI is InChI=1S/C12H15N3O.C3H7NO2/c1-10(14-9-13)8-15-6-7-16-12-5-3-2-4-11(12)15;1-4-3(5)6-2/h2-5,9H,1,6-8H2,(H2,13,14);1-2H3,(H,4,5). The van der Waals surface area contributed by atoms with Crippen molar-refractivity contribution in [2.75, 3.05) is 38.8 Å². The van der Waals surface area contributed by atoms with Gasteiger partial charge in [0, 0.05) is 7.05 Å². The number of rotatable bonds is 3. The lowest BCUT2D eigenvalue weighted by atomic mass is 10.2. The van der Waals surface area contributed by atoms with Gasteiger partial charge >= 0.3 is 6.09 Å². The number of methoxy groups -OCH3 is 1. The van der Waals surface area contributed by atoms with Gasteiger partial charge in [0.15, 0.2) is 0 Å². The minimum absolute atomic E-state index is 0.407. The molecule has 1 aliphatic rings. The SMILES string of the molecule is C=C(CN1CCOc2ccccc21)N=CN.CNC(=O)OC. The highest BCUT2D eigenvalue weighted by Gasteiger charge is 2.17. The first kappa shape index (κ1) is 17.4. The molecule has 0 radical (unpaired) electrons. The average Bonchev–Trinajstić information content (AvgIpc) is 2.55. The van der Waals surface area contributed by atoms with Crippen LogP contribution >= 0.6 is 0 Å². The van der Waals surface area contributed by atoms with Crippen molar-refractivity contribution in [3.8, 4) is 5.75 Å². The van der Waals surface area contributed by atoms with E-state index in [9.17, 15) is 4.79 Å². The fraction of sp³-hybridized carbons (Fsp3) is 0.333. The Kier molecular flexibility index (Phi) is 7.32. The maximum atomic E-state index is 9.85. The van der Waals surface area contributed by atoms with Crippen LogP contribution in [0.5, 0.6) is 5.75 Å². The van der Waals surface area contributed by atoms with Crippen LogP contribution in [0.3, 0.4) is 0 Å². The van der Waals surface area contributed by atoms with E-state index < -0.39 is 6.09 Å². The van der Waals surface area contributed by atoms with E-state index in [4.69, 9.17) is 10.5 Å². The smallest absolute Gasteiger partial charge is 0.406 e. The lowest BCUT2D eigenvalue weighted by Crippen LogP contribution is -2.33. The van der Waals surface area contributed by atoms with Gasteiger partial charge < -0.3 is 25.4 Å². The first-order chi connectivity index (χ1) is 10.6. The zero-order chi connectivity index (χ0) is 16.4. The van der Waals surface area contributed by atoms with E-state index in [1.54, 1.807) is 0 Å². The molecule has 1 aromatic rings. The van der Waals surface area contributed by atoms with Gasteiger partial charge in [-0.1, -0.05) is 18.7 Å². The van der Waals surface area contributed by atoms with Gasteiger partial charge in [-0.2, -0.15) is 0 Å². The Hall–Kier alpha value is -2.70. The second-order valence-electron chi connectivity index (χ2n) is 4.32. The van der Waals surface area contributed by atoms with Crippen molar-refractivity contribution in [1.29, 1.82) is 0 Å². The number of ether oxygens (including phenoxy) is 2. The molecule has 7 nitrogen and oxygen atoms in total. The third kappa shape index (κ3) is 5.35. The number of hydrogen-bond acceptors (Lipinski definition) is 5. The quantitative estimate of drug-likeness (QED) is 0.650. The maximum absolute atomic E-state index is 9.85. The lowest BCUT2D eigenvalue weighted by molar-refractivity contribution is 0.173. The zero-order valence-electron chi connectivity index (χ0n) is 12.9. The van der Waals surface area contributed by atoms with Gasteiger partial charge in [-0.3, -0.25) is 0 Å². The Morgan fingerprint density at radius 1 is 1.59 bits per heavy atom. The highest BCUT2D eigenvalue weighted by atomic mass is 16.5. The van der Waals surface area contributed by atoms with Gasteiger partial charge in [-0.25, -0.2) is 9.79 Å². The minimum Gasteiger partial charge on any atom is -0.490 e. The summed E-state index contributed by atoms with van der Waals surface area (Å²) < 4.78 is 9.71. The topological polar surface area (TPSA) is 89.2 Å². The Balaban J connectivity index is 0.000000346. The van der Waals surface area contributed by atoms with E-state index in [1.165, 1.54) is 20.5 Å². The van der Waals surface area contributed by atoms with E-state index in [-0.39, 0.29) is 0 Å². The predicted octanol–water partition coefficient (Wildman–Crippen LogP) is 1.36. The number of para-hydroxylation sites is 2. The number of fused-ring (bicyclic) bond motifs is 1. The van der Waals surface area contributed by atoms with Crippen LogP contribution in [0.2, 0.25) is 0 Å². The van der Waals surface area contributed by atoms with Gasteiger partial charge in [-0.15, -0.1) is 0 Å². The van der Waals surface area contributed by atoms with Gasteiger partial charge in [-0.05, 0) is 12.1 Å². The van der Waals surface area contributed by atoms with Crippen molar-refractivity contribution in [2.24, 2.45) is 10.7 Å². The van der Waals surface area contributed by atoms with Gasteiger partial charge in [0.2, 0.25) is 0 Å². The van der Waals surface area contributed by atoms with E-state index in [0.29, 0.717) is 13.2 Å². The van der Waals surface area contributed by atoms with Crippen molar-refractivity contribution in [3.63, 3.8) is 0 Å². The van der Waals surface area contributed by atoms with Crippen molar-refractivity contribution >= 4 is 18.1 Å². The molecule has 0 spiro atoms. The summed E-state index contributed by atoms with van der Waals surface area (Å²) in [5, 5.41) is 2.25. The second kappa shape index (κ2) is 9.28. The van der Waals surface area contributed by atoms with Crippen LogP contribution in [0.25, 0.3) is 0 Å². The summed E-state index contributed by atoms with van der Waals surface area (Å²) in [6.45, 7) is 6.06. The Morgan fingerprint density at radius 3 is 2.91 bits per heavy atom. The molecule has 3 N–H and O–H groups in total. The monoisotopic (exact) mass is 306 g/mol. The third-order valence-electron chi connectivity index (χ3n) is 2.84. The molecular formula is C15H22N4O3. The first-order valence-corrected chi connectivity index (χ1v) is 6.76. The summed E-state index contributed by atoms with van der Waals surface area (Å²) in [7, 11) is 2.82. The molecule has 22 heavy (non-hydrogen) atoms. The van der Waals surface area contributed by atoms with Crippen LogP contribution in [0.4, 0.5) is 10.5 Å². The highest BCUT2D eigenvalue weighted by molar-refractivity contribution is 5.66. The summed E-state index contributed by atoms with van der Waals surface area (Å²) in [6.07, 6.45) is 0.865. The molecule has 0 saturated heterocycles. The Labute approximate surface area is 130 Å². The molecule has 1 amide bonds. The number of carbonyl (C=O) groups excluding carboxylic acids is 1. The molecule has 0 atom stereocenters. The van der Waals surface area contributed by atoms with E-state index in [0.717, 1.165) is 23.7 Å². The first-order valence-electron chi connectivity index (χ1n) is 6.76. The van der Waals surface area contributed by atoms with Crippen LogP contribution in [0.1, 0.15) is 0 Å². The summed E-state index contributed by atoms with van der Waals surface area (Å²) in [5.74, 6) is 0.915. The van der Waals surface area contributed by atoms with Crippen molar-refractivity contribution in [1.82, 2.24) is 5.32 Å². The molecule has 0 fully saturated rings. The second-order valence-corrected chi connectivity index (χ2v) is 4.32. The number of carbonyl (C=O) groups is 1. The van der Waals surface area contributed by atoms with E-state index >= 15 is 0 Å². The molecule has 1 aromatic carbocycles. The Bertz CT molecular complexity index is 525. The van der Waals surface area contributed by atoms with Gasteiger partial charge in [0.05, 0.1) is 37.9 Å². The summed E-state index contributed by atoms with van der Waals surface area (Å²) in [4.78, 5) is 16.0. The molecule has 1 heterocycles. The average molecular weight is 306 g/mol. The normalized spacial score (nSPS) is 12.5. The number of aliphatic imine (C=N–C) groups is 1. The maximum Gasteiger partial charge on any atom is 0.406 e. The highest BCUT2D eigenvalue weighted by Crippen LogP contribution is 2.31. The summed E-state index contributed by atoms with van der Waals surface area (Å²) in [6, 6.07) is 7.97. The van der Waals surface area contributed by atoms with Crippen LogP contribution in [-0.4, -0.2) is 46.3 Å². The molecule has 0 bridgehead atoms. The molecule has 120 valence electrons. The number of alkyl carbamates (subject to hydrolysis) is 1. The van der Waals surface area contributed by atoms with Crippen LogP contribution < -0.4 is 20.7 Å². The number of nitrogens with one attached hydrogen (secondary N) is 1. The van der Waals surface area contributed by atoms with Crippen LogP contribution in [0.15, 0.2) is 41.5 Å². The molecule has 1 aliphatic heterocycles.